The quantitative estimate of drug-likeness (QED) is 0.820. The number of nitrogens with two attached hydrogens (primary N) is 1. The summed E-state index contributed by atoms with van der Waals surface area (Å²) in [6.45, 7) is 3.73. The lowest BCUT2D eigenvalue weighted by Gasteiger charge is -2.29. The van der Waals surface area contributed by atoms with Crippen LogP contribution in [0.2, 0.25) is 0 Å². The van der Waals surface area contributed by atoms with Gasteiger partial charge in [0.15, 0.2) is 0 Å². The summed E-state index contributed by atoms with van der Waals surface area (Å²) in [4.78, 5) is 14.6. The Labute approximate surface area is 140 Å². The minimum Gasteiger partial charge on any atom is -0.338 e. The van der Waals surface area contributed by atoms with Gasteiger partial charge in [-0.05, 0) is 55.4 Å². The lowest BCUT2D eigenvalue weighted by Crippen LogP contribution is -2.38. The monoisotopic (exact) mass is 372 g/mol. The van der Waals surface area contributed by atoms with Crippen LogP contribution < -0.4 is 5.73 Å². The summed E-state index contributed by atoms with van der Waals surface area (Å²) < 4.78 is 1.05. The van der Waals surface area contributed by atoms with E-state index in [1.165, 1.54) is 12.8 Å². The fourth-order valence-electron chi connectivity index (χ4n) is 3.64. The molecule has 2 fully saturated rings. The number of hydrogen-bond acceptors (Lipinski definition) is 2. The van der Waals surface area contributed by atoms with Crippen LogP contribution in [-0.4, -0.2) is 29.9 Å². The number of benzene rings is 1. The van der Waals surface area contributed by atoms with Crippen LogP contribution in [0.4, 0.5) is 0 Å². The zero-order valence-electron chi connectivity index (χ0n) is 12.2. The third-order valence-corrected chi connectivity index (χ3v) is 5.74. The first kappa shape index (κ1) is 16.8. The molecule has 3 nitrogen and oxygen atoms in total. The number of likely N-dealkylation sites (tertiary alicyclic amines) is 1. The van der Waals surface area contributed by atoms with Crippen LogP contribution in [0.1, 0.15) is 35.2 Å². The number of aryl methyl sites for hydroxylation is 1. The van der Waals surface area contributed by atoms with E-state index in [0.717, 1.165) is 35.1 Å². The highest BCUT2D eigenvalue weighted by atomic mass is 79.9. The molecule has 2 aliphatic rings. The molecule has 1 saturated heterocycles. The van der Waals surface area contributed by atoms with Crippen molar-refractivity contribution in [1.82, 2.24) is 4.90 Å². The van der Waals surface area contributed by atoms with Crippen molar-refractivity contribution in [3.63, 3.8) is 0 Å². The highest BCUT2D eigenvalue weighted by Crippen LogP contribution is 2.36. The van der Waals surface area contributed by atoms with Gasteiger partial charge in [-0.3, -0.25) is 4.79 Å². The standard InChI is InChI=1S/C16H21BrN2O.ClH/c1-10-7-11(5-6-14(10)17)16(20)19-8-12-3-2-4-15(18)13(12)9-19;/h5-7,12-13,15H,2-4,8-9,18H2,1H3;1H. The zero-order chi connectivity index (χ0) is 14.3. The van der Waals surface area contributed by atoms with E-state index in [4.69, 9.17) is 5.73 Å². The molecule has 1 amide bonds. The zero-order valence-corrected chi connectivity index (χ0v) is 14.6. The number of rotatable bonds is 1. The Bertz CT molecular complexity index is 537. The first-order chi connectivity index (χ1) is 9.56. The van der Waals surface area contributed by atoms with Gasteiger partial charge in [-0.25, -0.2) is 0 Å². The summed E-state index contributed by atoms with van der Waals surface area (Å²) in [5, 5.41) is 0. The summed E-state index contributed by atoms with van der Waals surface area (Å²) in [6.07, 6.45) is 3.55. The van der Waals surface area contributed by atoms with Crippen molar-refractivity contribution in [2.45, 2.75) is 32.2 Å². The minimum atomic E-state index is 0. The van der Waals surface area contributed by atoms with Crippen molar-refractivity contribution in [2.75, 3.05) is 13.1 Å². The summed E-state index contributed by atoms with van der Waals surface area (Å²) in [6, 6.07) is 6.10. The van der Waals surface area contributed by atoms with Gasteiger partial charge in [-0.15, -0.1) is 12.4 Å². The van der Waals surface area contributed by atoms with Crippen LogP contribution in [-0.2, 0) is 0 Å². The van der Waals surface area contributed by atoms with E-state index >= 15 is 0 Å². The maximum absolute atomic E-state index is 12.6. The van der Waals surface area contributed by atoms with Crippen molar-refractivity contribution in [3.05, 3.63) is 33.8 Å². The molecule has 1 aliphatic carbocycles. The SMILES string of the molecule is Cc1cc(C(=O)N2CC3CCCC(N)C3C2)ccc1Br.Cl. The van der Waals surface area contributed by atoms with Gasteiger partial charge in [-0.2, -0.15) is 0 Å². The normalized spacial score (nSPS) is 28.0. The second-order valence-corrected chi connectivity index (χ2v) is 7.05. The fourth-order valence-corrected chi connectivity index (χ4v) is 3.89. The van der Waals surface area contributed by atoms with E-state index in [1.807, 2.05) is 30.0 Å². The second-order valence-electron chi connectivity index (χ2n) is 6.19. The third-order valence-electron chi connectivity index (χ3n) is 4.85. The van der Waals surface area contributed by atoms with Crippen LogP contribution in [0.15, 0.2) is 22.7 Å². The molecule has 2 N–H and O–H groups in total. The van der Waals surface area contributed by atoms with Crippen LogP contribution in [0, 0.1) is 18.8 Å². The molecule has 3 unspecified atom stereocenters. The molecule has 1 aromatic rings. The van der Waals surface area contributed by atoms with Crippen LogP contribution in [0.25, 0.3) is 0 Å². The highest BCUT2D eigenvalue weighted by molar-refractivity contribution is 9.10. The molecular weight excluding hydrogens is 352 g/mol. The third kappa shape index (κ3) is 3.27. The first-order valence-electron chi connectivity index (χ1n) is 7.37. The van der Waals surface area contributed by atoms with Gasteiger partial charge in [0.2, 0.25) is 0 Å². The van der Waals surface area contributed by atoms with Gasteiger partial charge >= 0.3 is 0 Å². The van der Waals surface area contributed by atoms with Gasteiger partial charge in [0.05, 0.1) is 0 Å². The van der Waals surface area contributed by atoms with Crippen molar-refractivity contribution >= 4 is 34.2 Å². The van der Waals surface area contributed by atoms with Gasteiger partial charge in [0.1, 0.15) is 0 Å². The molecule has 1 saturated carbocycles. The second kappa shape index (κ2) is 6.67. The number of fused-ring (bicyclic) bond motifs is 1. The van der Waals surface area contributed by atoms with E-state index in [0.29, 0.717) is 11.8 Å². The Morgan fingerprint density at radius 2 is 2.10 bits per heavy atom. The van der Waals surface area contributed by atoms with Crippen molar-refractivity contribution in [2.24, 2.45) is 17.6 Å². The summed E-state index contributed by atoms with van der Waals surface area (Å²) in [5.74, 6) is 1.27. The predicted molar refractivity (Wildman–Crippen MR) is 90.8 cm³/mol. The summed E-state index contributed by atoms with van der Waals surface area (Å²) in [5.41, 5.74) is 8.11. The Morgan fingerprint density at radius 3 is 2.76 bits per heavy atom. The molecule has 5 heteroatoms. The summed E-state index contributed by atoms with van der Waals surface area (Å²) in [7, 11) is 0. The number of nitrogens with zero attached hydrogens (tertiary/aromatic N) is 1. The Kier molecular flexibility index (Phi) is 5.33. The molecule has 3 rings (SSSR count). The number of halogens is 2. The molecule has 0 bridgehead atoms. The number of amides is 1. The Morgan fingerprint density at radius 1 is 1.33 bits per heavy atom. The average molecular weight is 374 g/mol. The molecule has 1 aliphatic heterocycles. The molecule has 1 aromatic carbocycles. The smallest absolute Gasteiger partial charge is 0.253 e. The molecule has 3 atom stereocenters. The maximum atomic E-state index is 12.6. The van der Waals surface area contributed by atoms with Gasteiger partial charge in [-0.1, -0.05) is 22.4 Å². The maximum Gasteiger partial charge on any atom is 0.253 e. The first-order valence-corrected chi connectivity index (χ1v) is 8.16. The van der Waals surface area contributed by atoms with E-state index in [1.54, 1.807) is 0 Å². The largest absolute Gasteiger partial charge is 0.338 e. The van der Waals surface area contributed by atoms with E-state index < -0.39 is 0 Å². The number of hydrogen-bond donors (Lipinski definition) is 1. The Hall–Kier alpha value is -0.580. The minimum absolute atomic E-state index is 0. The van der Waals surface area contributed by atoms with Gasteiger partial charge in [0, 0.05) is 29.2 Å². The van der Waals surface area contributed by atoms with Gasteiger partial charge < -0.3 is 10.6 Å². The van der Waals surface area contributed by atoms with E-state index in [9.17, 15) is 4.79 Å². The predicted octanol–water partition coefficient (Wildman–Crippen LogP) is 3.38. The van der Waals surface area contributed by atoms with Crippen LogP contribution in [0.5, 0.6) is 0 Å². The Balaban J connectivity index is 0.00000161. The van der Waals surface area contributed by atoms with Crippen LogP contribution >= 0.6 is 28.3 Å². The van der Waals surface area contributed by atoms with E-state index in [-0.39, 0.29) is 24.4 Å². The van der Waals surface area contributed by atoms with Crippen LogP contribution in [0.3, 0.4) is 0 Å². The van der Waals surface area contributed by atoms with Crippen molar-refractivity contribution in [1.29, 1.82) is 0 Å². The van der Waals surface area contributed by atoms with Crippen molar-refractivity contribution < 1.29 is 4.79 Å². The highest BCUT2D eigenvalue weighted by Gasteiger charge is 2.40. The lowest BCUT2D eigenvalue weighted by molar-refractivity contribution is 0.0783. The number of carbonyl (C=O) groups is 1. The molecule has 21 heavy (non-hydrogen) atoms. The fraction of sp³-hybridized carbons (Fsp3) is 0.562. The summed E-state index contributed by atoms with van der Waals surface area (Å²) >= 11 is 3.48. The van der Waals surface area contributed by atoms with E-state index in [2.05, 4.69) is 15.9 Å². The lowest BCUT2D eigenvalue weighted by atomic mass is 9.78. The molecule has 0 aromatic heterocycles. The average Bonchev–Trinajstić information content (AvgIpc) is 2.86. The molecule has 0 radical (unpaired) electrons. The molecule has 1 heterocycles. The van der Waals surface area contributed by atoms with Crippen molar-refractivity contribution in [3.8, 4) is 0 Å². The topological polar surface area (TPSA) is 46.3 Å². The molecule has 0 spiro atoms. The molecular formula is C16H22BrClN2O. The number of carbonyl (C=O) groups excluding carboxylic acids is 1. The van der Waals surface area contributed by atoms with Gasteiger partial charge in [0.25, 0.3) is 5.91 Å². The molecule has 116 valence electrons.